The molecule has 0 bridgehead atoms. The maximum absolute atomic E-state index is 5.79. The van der Waals surface area contributed by atoms with E-state index in [0.717, 1.165) is 10.0 Å². The van der Waals surface area contributed by atoms with Gasteiger partial charge in [-0.25, -0.2) is 0 Å². The monoisotopic (exact) mass is 247 g/mol. The Morgan fingerprint density at radius 3 is 2.92 bits per heavy atom. The summed E-state index contributed by atoms with van der Waals surface area (Å²) in [5.74, 6) is 0. The largest absolute Gasteiger partial charge is 0.399 e. The summed E-state index contributed by atoms with van der Waals surface area (Å²) in [4.78, 5) is 4.54. The van der Waals surface area contributed by atoms with E-state index in [1.54, 1.807) is 12.3 Å². The minimum Gasteiger partial charge on any atom is -0.399 e. The average molecular weight is 249 g/mol. The zero-order chi connectivity index (χ0) is 8.97. The Morgan fingerprint density at radius 2 is 2.33 bits per heavy atom. The number of hydrogen-bond acceptors (Lipinski definition) is 2. The van der Waals surface area contributed by atoms with Crippen molar-refractivity contribution in [3.63, 3.8) is 0 Å². The first kappa shape index (κ1) is 9.55. The van der Waals surface area contributed by atoms with Gasteiger partial charge >= 0.3 is 0 Å². The lowest BCUT2D eigenvalue weighted by molar-refractivity contribution is 0.215. The molecule has 1 aromatic carbocycles. The van der Waals surface area contributed by atoms with Gasteiger partial charge < -0.3 is 4.84 Å². The van der Waals surface area contributed by atoms with Crippen LogP contribution in [0, 0.1) is 0 Å². The van der Waals surface area contributed by atoms with Crippen LogP contribution in [0.25, 0.3) is 0 Å². The lowest BCUT2D eigenvalue weighted by atomic mass is 10.2. The van der Waals surface area contributed by atoms with E-state index >= 15 is 0 Å². The molecule has 0 amide bonds. The van der Waals surface area contributed by atoms with Gasteiger partial charge in [0.2, 0.25) is 0 Å². The number of oxime groups is 1. The molecule has 2 nitrogen and oxygen atoms in total. The number of nitrogens with zero attached hydrogens (tertiary/aromatic N) is 1. The van der Waals surface area contributed by atoms with Gasteiger partial charge in [-0.05, 0) is 33.6 Å². The summed E-state index contributed by atoms with van der Waals surface area (Å²) in [6, 6.07) is 5.52. The lowest BCUT2D eigenvalue weighted by Gasteiger charge is -1.96. The van der Waals surface area contributed by atoms with E-state index in [2.05, 4.69) is 25.9 Å². The summed E-state index contributed by atoms with van der Waals surface area (Å²) in [7, 11) is 1.50. The summed E-state index contributed by atoms with van der Waals surface area (Å²) >= 11 is 9.10. The van der Waals surface area contributed by atoms with Crippen molar-refractivity contribution >= 4 is 33.7 Å². The van der Waals surface area contributed by atoms with E-state index in [1.165, 1.54) is 7.11 Å². The molecular weight excluding hydrogens is 241 g/mol. The number of rotatable bonds is 2. The predicted octanol–water partition coefficient (Wildman–Crippen LogP) is 3.08. The molecule has 0 atom stereocenters. The summed E-state index contributed by atoms with van der Waals surface area (Å²) in [6.45, 7) is 0. The third-order valence-electron chi connectivity index (χ3n) is 1.25. The molecule has 0 spiro atoms. The number of hydrogen-bond donors (Lipinski definition) is 0. The third kappa shape index (κ3) is 2.50. The molecule has 4 heteroatoms. The van der Waals surface area contributed by atoms with E-state index in [4.69, 9.17) is 11.6 Å². The van der Waals surface area contributed by atoms with Gasteiger partial charge in [-0.3, -0.25) is 0 Å². The third-order valence-corrected chi connectivity index (χ3v) is 2.46. The fraction of sp³-hybridized carbons (Fsp3) is 0.125. The van der Waals surface area contributed by atoms with Crippen LogP contribution in [0.2, 0.25) is 5.02 Å². The molecule has 0 unspecified atom stereocenters. The first-order valence-corrected chi connectivity index (χ1v) is 4.42. The van der Waals surface area contributed by atoms with Crippen molar-refractivity contribution in [2.24, 2.45) is 5.16 Å². The molecule has 0 aliphatic heterocycles. The highest BCUT2D eigenvalue weighted by molar-refractivity contribution is 9.10. The molecule has 1 aromatic rings. The molecule has 0 saturated heterocycles. The van der Waals surface area contributed by atoms with Gasteiger partial charge in [0.15, 0.2) is 0 Å². The topological polar surface area (TPSA) is 21.6 Å². The molecule has 12 heavy (non-hydrogen) atoms. The van der Waals surface area contributed by atoms with Gasteiger partial charge in [-0.1, -0.05) is 22.8 Å². The Labute approximate surface area is 84.3 Å². The molecule has 0 N–H and O–H groups in total. The van der Waals surface area contributed by atoms with Gasteiger partial charge in [-0.2, -0.15) is 0 Å². The molecule has 0 aromatic heterocycles. The van der Waals surface area contributed by atoms with Gasteiger partial charge in [0, 0.05) is 4.47 Å². The standard InChI is InChI=1S/C8H7BrClNO/c1-12-11-5-6-2-3-8(10)7(9)4-6/h2-5H,1H3/b11-5+. The first-order valence-electron chi connectivity index (χ1n) is 3.25. The van der Waals surface area contributed by atoms with Gasteiger partial charge in [0.25, 0.3) is 0 Å². The molecule has 64 valence electrons. The highest BCUT2D eigenvalue weighted by Crippen LogP contribution is 2.22. The first-order chi connectivity index (χ1) is 5.74. The molecular formula is C8H7BrClNO. The summed E-state index contributed by atoms with van der Waals surface area (Å²) in [5.41, 5.74) is 0.938. The average Bonchev–Trinajstić information content (AvgIpc) is 2.07. The minimum atomic E-state index is 0.685. The molecule has 0 aliphatic rings. The van der Waals surface area contributed by atoms with Crippen LogP contribution in [0.4, 0.5) is 0 Å². The number of benzene rings is 1. The van der Waals surface area contributed by atoms with Crippen LogP contribution in [-0.4, -0.2) is 13.3 Å². The fourth-order valence-corrected chi connectivity index (χ4v) is 1.22. The zero-order valence-electron chi connectivity index (χ0n) is 6.42. The zero-order valence-corrected chi connectivity index (χ0v) is 8.76. The van der Waals surface area contributed by atoms with Crippen molar-refractivity contribution in [1.82, 2.24) is 0 Å². The van der Waals surface area contributed by atoms with E-state index in [9.17, 15) is 0 Å². The highest BCUT2D eigenvalue weighted by Gasteiger charge is 1.96. The van der Waals surface area contributed by atoms with E-state index < -0.39 is 0 Å². The van der Waals surface area contributed by atoms with Crippen molar-refractivity contribution in [2.75, 3.05) is 7.11 Å². The Morgan fingerprint density at radius 1 is 1.58 bits per heavy atom. The summed E-state index contributed by atoms with van der Waals surface area (Å²) < 4.78 is 0.851. The van der Waals surface area contributed by atoms with E-state index in [0.29, 0.717) is 5.02 Å². The quantitative estimate of drug-likeness (QED) is 0.582. The van der Waals surface area contributed by atoms with Crippen LogP contribution < -0.4 is 0 Å². The molecule has 0 fully saturated rings. The van der Waals surface area contributed by atoms with Crippen LogP contribution >= 0.6 is 27.5 Å². The van der Waals surface area contributed by atoms with Gasteiger partial charge in [-0.15, -0.1) is 0 Å². The molecule has 0 saturated carbocycles. The summed E-state index contributed by atoms with van der Waals surface area (Å²) in [6.07, 6.45) is 1.61. The number of halogens is 2. The molecule has 0 aliphatic carbocycles. The second-order valence-corrected chi connectivity index (χ2v) is 3.35. The lowest BCUT2D eigenvalue weighted by Crippen LogP contribution is -1.81. The van der Waals surface area contributed by atoms with Crippen LogP contribution in [-0.2, 0) is 4.84 Å². The van der Waals surface area contributed by atoms with Crippen LogP contribution in [0.5, 0.6) is 0 Å². The fourth-order valence-electron chi connectivity index (χ4n) is 0.706. The molecule has 1 rings (SSSR count). The Bertz CT molecular complexity index is 301. The highest BCUT2D eigenvalue weighted by atomic mass is 79.9. The van der Waals surface area contributed by atoms with Crippen molar-refractivity contribution < 1.29 is 4.84 Å². The van der Waals surface area contributed by atoms with Crippen LogP contribution in [0.3, 0.4) is 0 Å². The van der Waals surface area contributed by atoms with Gasteiger partial charge in [0.05, 0.1) is 11.2 Å². The van der Waals surface area contributed by atoms with E-state index in [-0.39, 0.29) is 0 Å². The van der Waals surface area contributed by atoms with Crippen LogP contribution in [0.1, 0.15) is 5.56 Å². The van der Waals surface area contributed by atoms with Crippen molar-refractivity contribution in [2.45, 2.75) is 0 Å². The maximum atomic E-state index is 5.79. The maximum Gasteiger partial charge on any atom is 0.106 e. The van der Waals surface area contributed by atoms with Crippen molar-refractivity contribution in [3.05, 3.63) is 33.3 Å². The Kier molecular flexibility index (Phi) is 3.56. The molecule has 0 heterocycles. The minimum absolute atomic E-state index is 0.685. The Hall–Kier alpha value is -0.540. The van der Waals surface area contributed by atoms with Gasteiger partial charge in [0.1, 0.15) is 7.11 Å². The molecule has 0 radical (unpaired) electrons. The van der Waals surface area contributed by atoms with Crippen LogP contribution in [0.15, 0.2) is 27.8 Å². The summed E-state index contributed by atoms with van der Waals surface area (Å²) in [5, 5.41) is 4.31. The van der Waals surface area contributed by atoms with Crippen molar-refractivity contribution in [3.8, 4) is 0 Å². The Balaban J connectivity index is 2.89. The second-order valence-electron chi connectivity index (χ2n) is 2.09. The van der Waals surface area contributed by atoms with Crippen molar-refractivity contribution in [1.29, 1.82) is 0 Å². The van der Waals surface area contributed by atoms with E-state index in [1.807, 2.05) is 12.1 Å². The SMILES string of the molecule is CO/N=C/c1ccc(Cl)c(Br)c1. The normalized spacial score (nSPS) is 10.6. The smallest absolute Gasteiger partial charge is 0.106 e. The predicted molar refractivity (Wildman–Crippen MR) is 53.8 cm³/mol. The second kappa shape index (κ2) is 4.48.